The van der Waals surface area contributed by atoms with Gasteiger partial charge in [0.2, 0.25) is 0 Å². The summed E-state index contributed by atoms with van der Waals surface area (Å²) in [5.74, 6) is 1.78. The zero-order valence-electron chi connectivity index (χ0n) is 20.7. The van der Waals surface area contributed by atoms with Crippen molar-refractivity contribution in [2.24, 2.45) is 0 Å². The largest absolute Gasteiger partial charge is 0.491 e. The van der Waals surface area contributed by atoms with E-state index in [1.54, 1.807) is 12.1 Å². The van der Waals surface area contributed by atoms with Crippen LogP contribution in [0.3, 0.4) is 0 Å². The lowest BCUT2D eigenvalue weighted by atomic mass is 9.98. The highest BCUT2D eigenvalue weighted by Gasteiger charge is 2.45. The number of hydrogen-bond acceptors (Lipinski definition) is 7. The van der Waals surface area contributed by atoms with Crippen LogP contribution in [0.15, 0.2) is 78.9 Å². The first-order valence-corrected chi connectivity index (χ1v) is 13.0. The Morgan fingerprint density at radius 1 is 0.649 bits per heavy atom. The monoisotopic (exact) mass is 506 g/mol. The molecule has 5 atom stereocenters. The summed E-state index contributed by atoms with van der Waals surface area (Å²) in [5, 5.41) is 31.8. The molecular formula is C30H34O7. The Labute approximate surface area is 217 Å². The fraction of sp³-hybridized carbons (Fsp3) is 0.400. The van der Waals surface area contributed by atoms with Gasteiger partial charge in [-0.3, -0.25) is 0 Å². The second kappa shape index (κ2) is 12.0. The molecule has 0 bridgehead atoms. The van der Waals surface area contributed by atoms with Gasteiger partial charge in [-0.05, 0) is 73.2 Å². The van der Waals surface area contributed by atoms with Crippen LogP contribution in [0.25, 0.3) is 11.1 Å². The van der Waals surface area contributed by atoms with Crippen LogP contribution >= 0.6 is 0 Å². The van der Waals surface area contributed by atoms with Gasteiger partial charge in [-0.25, -0.2) is 0 Å². The standard InChI is InChI=1S/C30H34O7/c31-27-26(19-34-22-13-11-21(12-14-22)20-7-3-1-4-8-20)37-30(33)29(28(27)32)36-25-17-15-24(16-18-25)35-23-9-5-2-6-10-23/h1,3-4,7-8,11-18,23,26-33H,2,5-6,9-10,19H2/t26-,27-,28+,29-,30+/m1/s1. The zero-order valence-corrected chi connectivity index (χ0v) is 20.7. The molecule has 3 aromatic rings. The minimum absolute atomic E-state index is 0.0418. The van der Waals surface area contributed by atoms with Gasteiger partial charge in [0, 0.05) is 0 Å². The topological polar surface area (TPSA) is 97.6 Å². The van der Waals surface area contributed by atoms with E-state index in [1.165, 1.54) is 19.3 Å². The zero-order chi connectivity index (χ0) is 25.6. The maximum Gasteiger partial charge on any atom is 0.195 e. The molecule has 196 valence electrons. The van der Waals surface area contributed by atoms with Gasteiger partial charge in [0.25, 0.3) is 0 Å². The van der Waals surface area contributed by atoms with Crippen molar-refractivity contribution in [3.05, 3.63) is 78.9 Å². The lowest BCUT2D eigenvalue weighted by molar-refractivity contribution is -0.279. The minimum Gasteiger partial charge on any atom is -0.491 e. The molecule has 0 unspecified atom stereocenters. The van der Waals surface area contributed by atoms with Crippen molar-refractivity contribution < 1.29 is 34.3 Å². The number of hydrogen-bond donors (Lipinski definition) is 3. The molecule has 0 amide bonds. The van der Waals surface area contributed by atoms with Crippen LogP contribution in [0.4, 0.5) is 0 Å². The number of aliphatic hydroxyl groups is 3. The highest BCUT2D eigenvalue weighted by Crippen LogP contribution is 2.29. The predicted octanol–water partition coefficient (Wildman–Crippen LogP) is 4.33. The third-order valence-corrected chi connectivity index (χ3v) is 6.99. The Morgan fingerprint density at radius 3 is 1.92 bits per heavy atom. The molecule has 0 spiro atoms. The van der Waals surface area contributed by atoms with Crippen LogP contribution in [0.1, 0.15) is 32.1 Å². The lowest BCUT2D eigenvalue weighted by Crippen LogP contribution is -2.60. The van der Waals surface area contributed by atoms with Gasteiger partial charge in [0.15, 0.2) is 12.4 Å². The first-order chi connectivity index (χ1) is 18.1. The quantitative estimate of drug-likeness (QED) is 0.418. The van der Waals surface area contributed by atoms with E-state index in [0.29, 0.717) is 11.5 Å². The Bertz CT molecular complexity index is 1100. The second-order valence-corrected chi connectivity index (χ2v) is 9.68. The van der Waals surface area contributed by atoms with E-state index in [0.717, 1.165) is 29.7 Å². The number of aliphatic hydroxyl groups excluding tert-OH is 3. The van der Waals surface area contributed by atoms with Gasteiger partial charge in [0.1, 0.15) is 42.2 Å². The van der Waals surface area contributed by atoms with Gasteiger partial charge in [-0.15, -0.1) is 0 Å². The van der Waals surface area contributed by atoms with Gasteiger partial charge >= 0.3 is 0 Å². The summed E-state index contributed by atoms with van der Waals surface area (Å²) >= 11 is 0. The number of rotatable bonds is 8. The Kier molecular flexibility index (Phi) is 8.26. The summed E-state index contributed by atoms with van der Waals surface area (Å²) in [6, 6.07) is 24.6. The molecule has 2 fully saturated rings. The van der Waals surface area contributed by atoms with Crippen LogP contribution in [-0.4, -0.2) is 58.7 Å². The van der Waals surface area contributed by atoms with Crippen molar-refractivity contribution in [1.29, 1.82) is 0 Å². The Hall–Kier alpha value is -3.10. The molecule has 1 aliphatic carbocycles. The first kappa shape index (κ1) is 25.5. The molecule has 3 aromatic carbocycles. The normalized spacial score (nSPS) is 26.4. The van der Waals surface area contributed by atoms with E-state index in [-0.39, 0.29) is 12.7 Å². The van der Waals surface area contributed by atoms with Crippen molar-refractivity contribution in [2.75, 3.05) is 6.61 Å². The highest BCUT2D eigenvalue weighted by atomic mass is 16.7. The third kappa shape index (κ3) is 6.43. The van der Waals surface area contributed by atoms with E-state index in [2.05, 4.69) is 0 Å². The fourth-order valence-corrected chi connectivity index (χ4v) is 4.87. The maximum absolute atomic E-state index is 10.7. The van der Waals surface area contributed by atoms with Crippen molar-refractivity contribution in [1.82, 2.24) is 0 Å². The van der Waals surface area contributed by atoms with E-state index >= 15 is 0 Å². The summed E-state index contributed by atoms with van der Waals surface area (Å²) in [6.07, 6.45) is -0.154. The van der Waals surface area contributed by atoms with Crippen molar-refractivity contribution in [2.45, 2.75) is 68.9 Å². The molecule has 1 aliphatic heterocycles. The summed E-state index contributed by atoms with van der Waals surface area (Å²) in [4.78, 5) is 0. The Morgan fingerprint density at radius 2 is 1.24 bits per heavy atom. The van der Waals surface area contributed by atoms with Gasteiger partial charge in [-0.1, -0.05) is 48.9 Å². The summed E-state index contributed by atoms with van der Waals surface area (Å²) in [7, 11) is 0. The molecule has 3 N–H and O–H groups in total. The molecule has 37 heavy (non-hydrogen) atoms. The Balaban J connectivity index is 1.13. The number of benzene rings is 3. The predicted molar refractivity (Wildman–Crippen MR) is 139 cm³/mol. The van der Waals surface area contributed by atoms with E-state index in [4.69, 9.17) is 18.9 Å². The third-order valence-electron chi connectivity index (χ3n) is 6.99. The lowest BCUT2D eigenvalue weighted by Gasteiger charge is -2.40. The first-order valence-electron chi connectivity index (χ1n) is 13.0. The van der Waals surface area contributed by atoms with Crippen molar-refractivity contribution >= 4 is 0 Å². The fourth-order valence-electron chi connectivity index (χ4n) is 4.87. The second-order valence-electron chi connectivity index (χ2n) is 9.68. The number of ether oxygens (including phenoxy) is 4. The molecular weight excluding hydrogens is 472 g/mol. The van der Waals surface area contributed by atoms with Crippen LogP contribution in [-0.2, 0) is 4.74 Å². The highest BCUT2D eigenvalue weighted by molar-refractivity contribution is 5.63. The minimum atomic E-state index is -1.44. The van der Waals surface area contributed by atoms with E-state index < -0.39 is 30.7 Å². The summed E-state index contributed by atoms with van der Waals surface area (Å²) in [6.45, 7) is -0.0418. The average Bonchev–Trinajstić information content (AvgIpc) is 2.94. The van der Waals surface area contributed by atoms with Crippen LogP contribution in [0, 0.1) is 0 Å². The SMILES string of the molecule is O[C@H]1[C@H](O)[C@@H](COc2ccc(-c3ccccc3)cc2)O[C@H](O)[C@@H]1Oc1ccc(OC2CCCCC2)cc1. The molecule has 2 aliphatic rings. The molecule has 1 saturated carbocycles. The maximum atomic E-state index is 10.7. The van der Waals surface area contributed by atoms with E-state index in [1.807, 2.05) is 66.7 Å². The van der Waals surface area contributed by atoms with Crippen LogP contribution in [0.5, 0.6) is 17.2 Å². The molecule has 1 saturated heterocycles. The average molecular weight is 507 g/mol. The van der Waals surface area contributed by atoms with Crippen LogP contribution in [0.2, 0.25) is 0 Å². The molecule has 5 rings (SSSR count). The summed E-state index contributed by atoms with van der Waals surface area (Å²) < 4.78 is 23.1. The molecule has 0 radical (unpaired) electrons. The smallest absolute Gasteiger partial charge is 0.195 e. The van der Waals surface area contributed by atoms with Gasteiger partial charge in [0.05, 0.1) is 6.10 Å². The molecule has 7 nitrogen and oxygen atoms in total. The molecule has 1 heterocycles. The molecule has 7 heteroatoms. The van der Waals surface area contributed by atoms with Crippen LogP contribution < -0.4 is 14.2 Å². The molecule has 0 aromatic heterocycles. The van der Waals surface area contributed by atoms with Gasteiger partial charge < -0.3 is 34.3 Å². The van der Waals surface area contributed by atoms with E-state index in [9.17, 15) is 15.3 Å². The van der Waals surface area contributed by atoms with Crippen molar-refractivity contribution in [3.8, 4) is 28.4 Å². The summed E-state index contributed by atoms with van der Waals surface area (Å²) in [5.41, 5.74) is 2.16. The van der Waals surface area contributed by atoms with Gasteiger partial charge in [-0.2, -0.15) is 0 Å². The van der Waals surface area contributed by atoms with Crippen molar-refractivity contribution in [3.63, 3.8) is 0 Å².